The van der Waals surface area contributed by atoms with Crippen LogP contribution in [0.25, 0.3) is 11.5 Å². The number of thioether (sulfide) groups is 1. The highest BCUT2D eigenvalue weighted by Gasteiger charge is 2.26. The lowest BCUT2D eigenvalue weighted by molar-refractivity contribution is -0.140. The molecule has 0 N–H and O–H groups in total. The maximum atomic E-state index is 12.9. The molecule has 0 spiro atoms. The standard InChI is InChI=1S/C16H18FN3O3S/c1-10-7-20(8-11(2)22-10)14(21)9-24-16-19-18-15(23-16)12-3-5-13(17)6-4-12/h3-6,10-11H,7-9H2,1-2H3/t10-,11+. The fraction of sp³-hybridized carbons (Fsp3) is 0.438. The minimum Gasteiger partial charge on any atom is -0.411 e. The summed E-state index contributed by atoms with van der Waals surface area (Å²) in [7, 11) is 0. The van der Waals surface area contributed by atoms with Gasteiger partial charge in [-0.3, -0.25) is 4.79 Å². The fourth-order valence-electron chi connectivity index (χ4n) is 2.57. The maximum Gasteiger partial charge on any atom is 0.277 e. The van der Waals surface area contributed by atoms with Crippen molar-refractivity contribution in [3.05, 3.63) is 30.1 Å². The zero-order valence-corrected chi connectivity index (χ0v) is 14.3. The van der Waals surface area contributed by atoms with Crippen LogP contribution in [-0.4, -0.2) is 52.1 Å². The van der Waals surface area contributed by atoms with E-state index in [1.165, 1.54) is 23.9 Å². The summed E-state index contributed by atoms with van der Waals surface area (Å²) < 4.78 is 24.1. The summed E-state index contributed by atoms with van der Waals surface area (Å²) in [6.07, 6.45) is 0.0763. The number of amides is 1. The van der Waals surface area contributed by atoms with Crippen LogP contribution in [0.3, 0.4) is 0 Å². The average Bonchev–Trinajstić information content (AvgIpc) is 3.01. The van der Waals surface area contributed by atoms with Gasteiger partial charge in [-0.2, -0.15) is 0 Å². The third-order valence-electron chi connectivity index (χ3n) is 3.59. The first-order chi connectivity index (χ1) is 11.5. The molecule has 0 saturated carbocycles. The van der Waals surface area contributed by atoms with Crippen LogP contribution in [0.4, 0.5) is 4.39 Å². The van der Waals surface area contributed by atoms with Gasteiger partial charge in [0, 0.05) is 18.7 Å². The molecule has 1 saturated heterocycles. The van der Waals surface area contributed by atoms with E-state index in [0.717, 1.165) is 0 Å². The molecule has 3 rings (SSSR count). The molecule has 1 aromatic carbocycles. The number of carbonyl (C=O) groups is 1. The van der Waals surface area contributed by atoms with Crippen molar-refractivity contribution >= 4 is 17.7 Å². The first-order valence-corrected chi connectivity index (χ1v) is 8.65. The minimum absolute atomic E-state index is 0.0172. The predicted molar refractivity (Wildman–Crippen MR) is 87.0 cm³/mol. The summed E-state index contributed by atoms with van der Waals surface area (Å²) in [6.45, 7) is 5.09. The predicted octanol–water partition coefficient (Wildman–Crippen LogP) is 2.60. The smallest absolute Gasteiger partial charge is 0.277 e. The molecular weight excluding hydrogens is 333 g/mol. The molecule has 1 aromatic heterocycles. The number of aromatic nitrogens is 2. The minimum atomic E-state index is -0.326. The van der Waals surface area contributed by atoms with Crippen LogP contribution in [-0.2, 0) is 9.53 Å². The van der Waals surface area contributed by atoms with E-state index in [1.54, 1.807) is 17.0 Å². The van der Waals surface area contributed by atoms with Crippen LogP contribution in [0, 0.1) is 5.82 Å². The van der Waals surface area contributed by atoms with Crippen molar-refractivity contribution in [1.82, 2.24) is 15.1 Å². The highest BCUT2D eigenvalue weighted by molar-refractivity contribution is 7.99. The van der Waals surface area contributed by atoms with E-state index in [9.17, 15) is 9.18 Å². The quantitative estimate of drug-likeness (QED) is 0.789. The molecule has 2 aromatic rings. The summed E-state index contributed by atoms with van der Waals surface area (Å²) in [6, 6.07) is 5.80. The Hall–Kier alpha value is -1.93. The number of hydrogen-bond donors (Lipinski definition) is 0. The van der Waals surface area contributed by atoms with Gasteiger partial charge in [-0.1, -0.05) is 11.8 Å². The van der Waals surface area contributed by atoms with E-state index in [4.69, 9.17) is 9.15 Å². The lowest BCUT2D eigenvalue weighted by Crippen LogP contribution is -2.48. The summed E-state index contributed by atoms with van der Waals surface area (Å²) in [5.41, 5.74) is 0.637. The maximum absolute atomic E-state index is 12.9. The van der Waals surface area contributed by atoms with Crippen molar-refractivity contribution < 1.29 is 18.3 Å². The van der Waals surface area contributed by atoms with E-state index in [-0.39, 0.29) is 29.7 Å². The normalized spacial score (nSPS) is 21.0. The zero-order valence-electron chi connectivity index (χ0n) is 13.4. The van der Waals surface area contributed by atoms with Crippen molar-refractivity contribution in [2.24, 2.45) is 0 Å². The van der Waals surface area contributed by atoms with Crippen LogP contribution < -0.4 is 0 Å². The molecule has 6 nitrogen and oxygen atoms in total. The second kappa shape index (κ2) is 7.31. The summed E-state index contributed by atoms with van der Waals surface area (Å²) in [5.74, 6) is 0.222. The number of benzene rings is 1. The molecule has 1 aliphatic heterocycles. The summed E-state index contributed by atoms with van der Waals surface area (Å²) in [4.78, 5) is 14.1. The van der Waals surface area contributed by atoms with E-state index < -0.39 is 0 Å². The molecule has 2 heterocycles. The third kappa shape index (κ3) is 4.12. The van der Waals surface area contributed by atoms with Crippen LogP contribution in [0.2, 0.25) is 0 Å². The Balaban J connectivity index is 1.57. The van der Waals surface area contributed by atoms with Gasteiger partial charge in [-0.25, -0.2) is 4.39 Å². The van der Waals surface area contributed by atoms with Gasteiger partial charge in [0.15, 0.2) is 0 Å². The van der Waals surface area contributed by atoms with E-state index >= 15 is 0 Å². The van der Waals surface area contributed by atoms with Gasteiger partial charge < -0.3 is 14.1 Å². The number of halogens is 1. The highest BCUT2D eigenvalue weighted by Crippen LogP contribution is 2.24. The molecular formula is C16H18FN3O3S. The van der Waals surface area contributed by atoms with Gasteiger partial charge in [0.2, 0.25) is 11.8 Å². The number of hydrogen-bond acceptors (Lipinski definition) is 6. The molecule has 2 atom stereocenters. The first kappa shape index (κ1) is 16.9. The number of carbonyl (C=O) groups excluding carboxylic acids is 1. The Morgan fingerprint density at radius 3 is 2.58 bits per heavy atom. The lowest BCUT2D eigenvalue weighted by Gasteiger charge is -2.35. The monoisotopic (exact) mass is 351 g/mol. The molecule has 1 amide bonds. The van der Waals surface area contributed by atoms with Crippen molar-refractivity contribution in [3.8, 4) is 11.5 Å². The largest absolute Gasteiger partial charge is 0.411 e. The molecule has 1 fully saturated rings. The SMILES string of the molecule is C[C@@H]1CN(C(=O)CSc2nnc(-c3ccc(F)cc3)o2)C[C@H](C)O1. The Kier molecular flexibility index (Phi) is 5.15. The topological polar surface area (TPSA) is 68.5 Å². The van der Waals surface area contributed by atoms with Crippen LogP contribution in [0.1, 0.15) is 13.8 Å². The molecule has 0 bridgehead atoms. The van der Waals surface area contributed by atoms with Crippen LogP contribution in [0.15, 0.2) is 33.9 Å². The molecule has 0 aliphatic carbocycles. The van der Waals surface area contributed by atoms with Crippen molar-refractivity contribution in [1.29, 1.82) is 0 Å². The van der Waals surface area contributed by atoms with Crippen molar-refractivity contribution in [2.45, 2.75) is 31.3 Å². The van der Waals surface area contributed by atoms with E-state index in [2.05, 4.69) is 10.2 Å². The Labute approximate surface area is 143 Å². The fourth-order valence-corrected chi connectivity index (χ4v) is 3.24. The molecule has 0 radical (unpaired) electrons. The summed E-state index contributed by atoms with van der Waals surface area (Å²) in [5, 5.41) is 8.16. The number of rotatable bonds is 4. The molecule has 1 aliphatic rings. The number of nitrogens with zero attached hydrogens (tertiary/aromatic N) is 3. The molecule has 8 heteroatoms. The lowest BCUT2D eigenvalue weighted by atomic mass is 10.2. The second-order valence-corrected chi connectivity index (χ2v) is 6.65. The summed E-state index contributed by atoms with van der Waals surface area (Å²) >= 11 is 1.20. The van der Waals surface area contributed by atoms with E-state index in [1.807, 2.05) is 13.8 Å². The molecule has 0 unspecified atom stereocenters. The van der Waals surface area contributed by atoms with Gasteiger partial charge in [-0.05, 0) is 38.1 Å². The van der Waals surface area contributed by atoms with Gasteiger partial charge >= 0.3 is 0 Å². The second-order valence-electron chi connectivity index (χ2n) is 5.72. The van der Waals surface area contributed by atoms with Crippen LogP contribution in [0.5, 0.6) is 0 Å². The van der Waals surface area contributed by atoms with Gasteiger partial charge in [-0.15, -0.1) is 10.2 Å². The van der Waals surface area contributed by atoms with Crippen LogP contribution >= 0.6 is 11.8 Å². The van der Waals surface area contributed by atoms with Crippen molar-refractivity contribution in [3.63, 3.8) is 0 Å². The Morgan fingerprint density at radius 2 is 1.92 bits per heavy atom. The average molecular weight is 351 g/mol. The van der Waals surface area contributed by atoms with Crippen molar-refractivity contribution in [2.75, 3.05) is 18.8 Å². The Morgan fingerprint density at radius 1 is 1.25 bits per heavy atom. The van der Waals surface area contributed by atoms with Gasteiger partial charge in [0.05, 0.1) is 18.0 Å². The highest BCUT2D eigenvalue weighted by atomic mass is 32.2. The molecule has 128 valence electrons. The third-order valence-corrected chi connectivity index (χ3v) is 4.39. The first-order valence-electron chi connectivity index (χ1n) is 7.66. The van der Waals surface area contributed by atoms with Gasteiger partial charge in [0.25, 0.3) is 5.22 Å². The van der Waals surface area contributed by atoms with Gasteiger partial charge in [0.1, 0.15) is 5.82 Å². The number of ether oxygens (including phenoxy) is 1. The molecule has 24 heavy (non-hydrogen) atoms. The Bertz CT molecular complexity index is 697. The van der Waals surface area contributed by atoms with E-state index in [0.29, 0.717) is 29.8 Å². The zero-order chi connectivity index (χ0) is 17.1. The number of morpholine rings is 1.